The summed E-state index contributed by atoms with van der Waals surface area (Å²) in [5.41, 5.74) is 13.5. The van der Waals surface area contributed by atoms with E-state index in [-0.39, 0.29) is 37.9 Å². The molecular formula is C44H62N10O9S. The van der Waals surface area contributed by atoms with Crippen LogP contribution >= 0.6 is 12.6 Å². The number of amides is 7. The third-order valence-corrected chi connectivity index (χ3v) is 11.2. The van der Waals surface area contributed by atoms with Crippen LogP contribution < -0.4 is 43.4 Å². The number of carbonyl (C=O) groups excluding carboxylic acids is 7. The highest BCUT2D eigenvalue weighted by Crippen LogP contribution is 2.14. The van der Waals surface area contributed by atoms with Crippen LogP contribution in [0.25, 0.3) is 0 Å². The van der Waals surface area contributed by atoms with Crippen molar-refractivity contribution in [3.05, 3.63) is 90.0 Å². The molecule has 2 aromatic carbocycles. The van der Waals surface area contributed by atoms with Gasteiger partial charge in [0.15, 0.2) is 0 Å². The zero-order chi connectivity index (χ0) is 47.3. The molecule has 3 rings (SSSR count). The minimum atomic E-state index is -1.43. The maximum atomic E-state index is 14.1. The van der Waals surface area contributed by atoms with Gasteiger partial charge in [0, 0.05) is 36.9 Å². The number of imidazole rings is 1. The lowest BCUT2D eigenvalue weighted by atomic mass is 9.96. The number of rotatable bonds is 27. The van der Waals surface area contributed by atoms with E-state index in [1.165, 1.54) is 12.5 Å². The molecule has 0 unspecified atom stereocenters. The van der Waals surface area contributed by atoms with E-state index in [0.717, 1.165) is 5.56 Å². The van der Waals surface area contributed by atoms with E-state index in [1.807, 2.05) is 30.3 Å². The number of aliphatic carboxylic acids is 1. The van der Waals surface area contributed by atoms with Crippen LogP contribution in [0.2, 0.25) is 0 Å². The quantitative estimate of drug-likeness (QED) is 0.0454. The third kappa shape index (κ3) is 16.8. The Hall–Kier alpha value is -6.28. The number of nitrogens with two attached hydrogens (primary N) is 2. The Labute approximate surface area is 378 Å². The first-order chi connectivity index (χ1) is 30.5. The fourth-order valence-electron chi connectivity index (χ4n) is 6.57. The largest absolute Gasteiger partial charge is 0.480 e. The van der Waals surface area contributed by atoms with Crippen LogP contribution in [0.4, 0.5) is 0 Å². The number of nitrogens with zero attached hydrogens (tertiary/aromatic N) is 1. The maximum absolute atomic E-state index is 14.1. The van der Waals surface area contributed by atoms with Crippen molar-refractivity contribution in [3.63, 3.8) is 0 Å². The molecule has 0 fully saturated rings. The van der Waals surface area contributed by atoms with Crippen molar-refractivity contribution >= 4 is 59.9 Å². The summed E-state index contributed by atoms with van der Waals surface area (Å²) in [6.45, 7) is 6.95. The molecule has 9 atom stereocenters. The van der Waals surface area contributed by atoms with Crippen molar-refractivity contribution < 1.29 is 43.5 Å². The van der Waals surface area contributed by atoms with Crippen LogP contribution in [0, 0.1) is 11.8 Å². The third-order valence-electron chi connectivity index (χ3n) is 10.9. The highest BCUT2D eigenvalue weighted by Gasteiger charge is 2.36. The molecule has 1 heterocycles. The molecule has 0 aliphatic carbocycles. The van der Waals surface area contributed by atoms with Gasteiger partial charge in [-0.3, -0.25) is 33.6 Å². The molecule has 3 aromatic rings. The van der Waals surface area contributed by atoms with Gasteiger partial charge in [0.1, 0.15) is 36.3 Å². The second-order valence-electron chi connectivity index (χ2n) is 15.8. The van der Waals surface area contributed by atoms with E-state index < -0.39 is 101 Å². The minimum Gasteiger partial charge on any atom is -0.480 e. The van der Waals surface area contributed by atoms with Gasteiger partial charge < -0.3 is 53.5 Å². The summed E-state index contributed by atoms with van der Waals surface area (Å²) in [5.74, 6) is -7.81. The second-order valence-corrected chi connectivity index (χ2v) is 16.1. The molecule has 0 bridgehead atoms. The van der Waals surface area contributed by atoms with Gasteiger partial charge in [0.2, 0.25) is 41.4 Å². The second kappa shape index (κ2) is 26.4. The number of aromatic nitrogens is 2. The summed E-state index contributed by atoms with van der Waals surface area (Å²) in [6, 6.07) is 8.98. The van der Waals surface area contributed by atoms with E-state index in [1.54, 1.807) is 58.0 Å². The summed E-state index contributed by atoms with van der Waals surface area (Å²) in [6.07, 6.45) is 3.04. The van der Waals surface area contributed by atoms with E-state index >= 15 is 0 Å². The molecule has 19 nitrogen and oxygen atoms in total. The number of carboxylic acid groups (broad SMARTS) is 1. The number of benzene rings is 2. The first-order valence-electron chi connectivity index (χ1n) is 21.2. The predicted octanol–water partition coefficient (Wildman–Crippen LogP) is 0.0458. The molecule has 0 saturated carbocycles. The van der Waals surface area contributed by atoms with Gasteiger partial charge in [0.05, 0.1) is 12.4 Å². The van der Waals surface area contributed by atoms with Crippen molar-refractivity contribution in [2.75, 3.05) is 5.75 Å². The van der Waals surface area contributed by atoms with Gasteiger partial charge in [-0.25, -0.2) is 9.78 Å². The molecule has 64 heavy (non-hydrogen) atoms. The van der Waals surface area contributed by atoms with Crippen molar-refractivity contribution in [3.8, 4) is 0 Å². The van der Waals surface area contributed by atoms with Gasteiger partial charge in [-0.2, -0.15) is 12.6 Å². The topological polar surface area (TPSA) is 310 Å². The van der Waals surface area contributed by atoms with Gasteiger partial charge >= 0.3 is 5.97 Å². The van der Waals surface area contributed by atoms with Crippen LogP contribution in [0.5, 0.6) is 0 Å². The monoisotopic (exact) mass is 906 g/mol. The average molecular weight is 907 g/mol. The molecule has 12 N–H and O–H groups in total. The molecular weight excluding hydrogens is 845 g/mol. The highest BCUT2D eigenvalue weighted by molar-refractivity contribution is 7.80. The Morgan fingerprint density at radius 2 is 1.11 bits per heavy atom. The molecule has 0 aliphatic heterocycles. The van der Waals surface area contributed by atoms with Crippen LogP contribution in [0.1, 0.15) is 70.2 Å². The normalized spacial score (nSPS) is 15.3. The van der Waals surface area contributed by atoms with Gasteiger partial charge in [0.25, 0.3) is 0 Å². The lowest BCUT2D eigenvalue weighted by Gasteiger charge is -2.30. The lowest BCUT2D eigenvalue weighted by molar-refractivity contribution is -0.142. The number of aromatic amines is 1. The van der Waals surface area contributed by atoms with Crippen molar-refractivity contribution in [1.82, 2.24) is 41.9 Å². The molecule has 0 aliphatic rings. The van der Waals surface area contributed by atoms with Crippen LogP contribution in [-0.4, -0.2) is 110 Å². The molecule has 1 aromatic heterocycles. The first-order valence-corrected chi connectivity index (χ1v) is 21.9. The first kappa shape index (κ1) is 52.1. The van der Waals surface area contributed by atoms with Gasteiger partial charge in [-0.05, 0) is 35.8 Å². The average Bonchev–Trinajstić information content (AvgIpc) is 3.80. The Bertz CT molecular complexity index is 2010. The summed E-state index contributed by atoms with van der Waals surface area (Å²) < 4.78 is 0. The van der Waals surface area contributed by atoms with Gasteiger partial charge in [-0.1, -0.05) is 101 Å². The number of primary amides is 1. The zero-order valence-corrected chi connectivity index (χ0v) is 37.4. The smallest absolute Gasteiger partial charge is 0.326 e. The van der Waals surface area contributed by atoms with Crippen molar-refractivity contribution in [1.29, 1.82) is 0 Å². The summed E-state index contributed by atoms with van der Waals surface area (Å²) in [5, 5.41) is 25.7. The van der Waals surface area contributed by atoms with E-state index in [2.05, 4.69) is 54.5 Å². The van der Waals surface area contributed by atoms with Crippen LogP contribution in [-0.2, 0) is 57.6 Å². The zero-order valence-electron chi connectivity index (χ0n) is 36.5. The number of nitrogens with one attached hydrogen (secondary N) is 7. The Morgan fingerprint density at radius 1 is 0.641 bits per heavy atom. The van der Waals surface area contributed by atoms with Crippen LogP contribution in [0.3, 0.4) is 0 Å². The fraction of sp³-hybridized carbons (Fsp3) is 0.477. The molecule has 0 radical (unpaired) electrons. The minimum absolute atomic E-state index is 0.0333. The number of H-pyrrole nitrogens is 1. The SMILES string of the molecule is CC[C@H](C)[C@H](NC(=O)[C@H](CCC(N)=O)NC(=O)[C@@H](NC(=O)[C@H](CS)NC(=O)[C@@H](N)Cc1ccccc1)[C@@H](C)CC)C(=O)N[C@@H](Cc1cnc[nH]1)C(=O)N[C@@H](Cc1ccccc1)C(=O)O. The number of hydrogen-bond acceptors (Lipinski definition) is 11. The maximum Gasteiger partial charge on any atom is 0.326 e. The van der Waals surface area contributed by atoms with E-state index in [9.17, 15) is 43.5 Å². The number of carbonyl (C=O) groups is 8. The summed E-state index contributed by atoms with van der Waals surface area (Å²) in [7, 11) is 0. The van der Waals surface area contributed by atoms with Crippen molar-refractivity contribution in [2.24, 2.45) is 23.3 Å². The summed E-state index contributed by atoms with van der Waals surface area (Å²) >= 11 is 4.25. The number of thiol groups is 1. The molecule has 348 valence electrons. The Kier molecular flexibility index (Phi) is 21.5. The van der Waals surface area contributed by atoms with E-state index in [4.69, 9.17) is 11.5 Å². The molecule has 20 heteroatoms. The molecule has 0 saturated heterocycles. The van der Waals surface area contributed by atoms with Crippen LogP contribution in [0.15, 0.2) is 73.2 Å². The number of carboxylic acids is 1. The predicted molar refractivity (Wildman–Crippen MR) is 241 cm³/mol. The number of hydrogen-bond donors (Lipinski definition) is 11. The Morgan fingerprint density at radius 3 is 1.58 bits per heavy atom. The molecule has 0 spiro atoms. The highest BCUT2D eigenvalue weighted by atomic mass is 32.1. The van der Waals surface area contributed by atoms with Gasteiger partial charge in [-0.15, -0.1) is 0 Å². The standard InChI is InChI=1S/C44H62N10O9S/c1-5-25(3)36(54-41(59)34(23-64)52-38(56)30(45)19-27-13-9-7-10-14-27)42(60)49-31(17-18-35(46)55)39(57)53-37(26(4)6-2)43(61)50-32(21-29-22-47-24-48-29)40(58)51-33(44(62)63)20-28-15-11-8-12-16-28/h7-16,22,24-26,30-34,36-37,64H,5-6,17-21,23,45H2,1-4H3,(H2,46,55)(H,47,48)(H,49,60)(H,50,61)(H,51,58)(H,52,56)(H,53,57)(H,54,59)(H,62,63)/t25-,26-,30-,31-,32-,33-,34-,36-,37-/m0/s1. The molecule has 7 amide bonds. The summed E-state index contributed by atoms with van der Waals surface area (Å²) in [4.78, 5) is 113. The van der Waals surface area contributed by atoms with Crippen molar-refractivity contribution in [2.45, 2.75) is 115 Å². The Balaban J connectivity index is 1.81. The lowest BCUT2D eigenvalue weighted by Crippen LogP contribution is -2.62. The fourth-order valence-corrected chi connectivity index (χ4v) is 6.83. The van der Waals surface area contributed by atoms with E-state index in [0.29, 0.717) is 24.1 Å².